The zero-order chi connectivity index (χ0) is 13.0. The summed E-state index contributed by atoms with van der Waals surface area (Å²) in [6.45, 7) is 1.67. The summed E-state index contributed by atoms with van der Waals surface area (Å²) < 4.78 is 0.922. The minimum atomic E-state index is -0.0479. The molecule has 0 aliphatic heterocycles. The van der Waals surface area contributed by atoms with E-state index in [-0.39, 0.29) is 5.91 Å². The molecule has 0 bridgehead atoms. The predicted octanol–water partition coefficient (Wildman–Crippen LogP) is 2.82. The number of nitrogens with one attached hydrogen (secondary N) is 2. The third-order valence-electron chi connectivity index (χ3n) is 2.82. The Labute approximate surface area is 126 Å². The van der Waals surface area contributed by atoms with Crippen molar-refractivity contribution in [3.05, 3.63) is 32.4 Å². The van der Waals surface area contributed by atoms with Crippen LogP contribution in [0.25, 0.3) is 0 Å². The molecule has 5 heteroatoms. The van der Waals surface area contributed by atoms with Gasteiger partial charge in [0.05, 0.1) is 5.56 Å². The number of amides is 1. The maximum absolute atomic E-state index is 11.9. The van der Waals surface area contributed by atoms with E-state index in [9.17, 15) is 4.79 Å². The van der Waals surface area contributed by atoms with Crippen LogP contribution in [0.5, 0.6) is 0 Å². The summed E-state index contributed by atoms with van der Waals surface area (Å²) in [4.78, 5) is 11.9. The number of benzene rings is 1. The quantitative estimate of drug-likeness (QED) is 0.590. The van der Waals surface area contributed by atoms with Gasteiger partial charge in [0.15, 0.2) is 0 Å². The molecule has 2 rings (SSSR count). The molecule has 2 N–H and O–H groups in total. The maximum atomic E-state index is 11.9. The van der Waals surface area contributed by atoms with Crippen LogP contribution >= 0.6 is 34.2 Å². The molecule has 0 radical (unpaired) electrons. The first-order valence-corrected chi connectivity index (χ1v) is 7.59. The highest BCUT2D eigenvalue weighted by molar-refractivity contribution is 14.1. The molecule has 1 aromatic carbocycles. The molecule has 1 aliphatic carbocycles. The summed E-state index contributed by atoms with van der Waals surface area (Å²) >= 11 is 8.04. The summed E-state index contributed by atoms with van der Waals surface area (Å²) in [6.07, 6.45) is 3.56. The second-order valence-corrected chi connectivity index (χ2v) is 6.06. The van der Waals surface area contributed by atoms with Gasteiger partial charge < -0.3 is 10.6 Å². The summed E-state index contributed by atoms with van der Waals surface area (Å²) in [5.41, 5.74) is 0.651. The van der Waals surface area contributed by atoms with Crippen LogP contribution in [0.4, 0.5) is 0 Å². The molecular weight excluding hydrogens is 363 g/mol. The Kier molecular flexibility index (Phi) is 5.26. The molecule has 98 valence electrons. The van der Waals surface area contributed by atoms with Crippen molar-refractivity contribution in [1.82, 2.24) is 10.6 Å². The van der Waals surface area contributed by atoms with Crippen molar-refractivity contribution in [2.75, 3.05) is 13.1 Å². The molecule has 1 aromatic rings. The topological polar surface area (TPSA) is 41.1 Å². The lowest BCUT2D eigenvalue weighted by atomic mass is 10.2. The first-order chi connectivity index (χ1) is 8.66. The van der Waals surface area contributed by atoms with Crippen molar-refractivity contribution in [2.45, 2.75) is 25.3 Å². The smallest absolute Gasteiger partial charge is 0.252 e. The van der Waals surface area contributed by atoms with Crippen LogP contribution in [0, 0.1) is 3.57 Å². The van der Waals surface area contributed by atoms with Crippen molar-refractivity contribution in [3.8, 4) is 0 Å². The maximum Gasteiger partial charge on any atom is 0.252 e. The lowest BCUT2D eigenvalue weighted by molar-refractivity contribution is 0.0952. The van der Waals surface area contributed by atoms with Gasteiger partial charge in [-0.25, -0.2) is 0 Å². The van der Waals surface area contributed by atoms with E-state index in [0.717, 1.165) is 22.6 Å². The van der Waals surface area contributed by atoms with Gasteiger partial charge in [-0.2, -0.15) is 0 Å². The highest BCUT2D eigenvalue weighted by atomic mass is 127. The van der Waals surface area contributed by atoms with E-state index in [0.29, 0.717) is 17.1 Å². The fraction of sp³-hybridized carbons (Fsp3) is 0.462. The Morgan fingerprint density at radius 3 is 2.89 bits per heavy atom. The van der Waals surface area contributed by atoms with Crippen LogP contribution in [0.3, 0.4) is 0 Å². The fourth-order valence-corrected chi connectivity index (χ4v) is 2.40. The highest BCUT2D eigenvalue weighted by Crippen LogP contribution is 2.18. The summed E-state index contributed by atoms with van der Waals surface area (Å²) in [7, 11) is 0. The molecule has 0 saturated heterocycles. The van der Waals surface area contributed by atoms with E-state index in [1.165, 1.54) is 12.8 Å². The van der Waals surface area contributed by atoms with Gasteiger partial charge in [0.25, 0.3) is 5.91 Å². The van der Waals surface area contributed by atoms with Gasteiger partial charge >= 0.3 is 0 Å². The molecule has 0 atom stereocenters. The van der Waals surface area contributed by atoms with Gasteiger partial charge in [-0.05, 0) is 66.6 Å². The molecule has 1 fully saturated rings. The predicted molar refractivity (Wildman–Crippen MR) is 82.1 cm³/mol. The van der Waals surface area contributed by atoms with Gasteiger partial charge in [0.2, 0.25) is 0 Å². The van der Waals surface area contributed by atoms with Gasteiger partial charge in [0.1, 0.15) is 0 Å². The number of rotatable bonds is 6. The van der Waals surface area contributed by atoms with Crippen LogP contribution in [-0.2, 0) is 0 Å². The number of carbonyl (C=O) groups excluding carboxylic acids is 1. The molecule has 0 heterocycles. The average molecular weight is 379 g/mol. The van der Waals surface area contributed by atoms with E-state index < -0.39 is 0 Å². The number of carbonyl (C=O) groups is 1. The Bertz CT molecular complexity index is 435. The third kappa shape index (κ3) is 4.40. The summed E-state index contributed by atoms with van der Waals surface area (Å²) in [5.74, 6) is -0.0479. The first kappa shape index (κ1) is 14.1. The molecule has 0 spiro atoms. The second-order valence-electron chi connectivity index (χ2n) is 4.46. The minimum Gasteiger partial charge on any atom is -0.352 e. The average Bonchev–Trinajstić information content (AvgIpc) is 3.15. The minimum absolute atomic E-state index is 0.0479. The van der Waals surface area contributed by atoms with Crippen molar-refractivity contribution in [1.29, 1.82) is 0 Å². The molecule has 0 unspecified atom stereocenters. The lowest BCUT2D eigenvalue weighted by Gasteiger charge is -2.07. The molecule has 1 aliphatic rings. The summed E-state index contributed by atoms with van der Waals surface area (Å²) in [6, 6.07) is 6.09. The molecule has 3 nitrogen and oxygen atoms in total. The largest absolute Gasteiger partial charge is 0.352 e. The lowest BCUT2D eigenvalue weighted by Crippen LogP contribution is -2.28. The Balaban J connectivity index is 1.74. The monoisotopic (exact) mass is 378 g/mol. The fourth-order valence-electron chi connectivity index (χ4n) is 1.65. The zero-order valence-electron chi connectivity index (χ0n) is 10.0. The van der Waals surface area contributed by atoms with Crippen LogP contribution in [0.2, 0.25) is 5.02 Å². The Hall–Kier alpha value is -0.330. The van der Waals surface area contributed by atoms with E-state index in [2.05, 4.69) is 33.2 Å². The molecular formula is C13H16ClIN2O. The van der Waals surface area contributed by atoms with Gasteiger partial charge in [-0.1, -0.05) is 11.6 Å². The van der Waals surface area contributed by atoms with E-state index in [1.54, 1.807) is 12.1 Å². The van der Waals surface area contributed by atoms with Crippen molar-refractivity contribution in [3.63, 3.8) is 0 Å². The van der Waals surface area contributed by atoms with E-state index in [4.69, 9.17) is 11.6 Å². The Morgan fingerprint density at radius 1 is 1.39 bits per heavy atom. The van der Waals surface area contributed by atoms with Crippen LogP contribution in [0.15, 0.2) is 18.2 Å². The van der Waals surface area contributed by atoms with Gasteiger partial charge in [-0.15, -0.1) is 0 Å². The summed E-state index contributed by atoms with van der Waals surface area (Å²) in [5, 5.41) is 6.93. The molecule has 1 saturated carbocycles. The van der Waals surface area contributed by atoms with Crippen molar-refractivity contribution in [2.24, 2.45) is 0 Å². The molecule has 18 heavy (non-hydrogen) atoms. The van der Waals surface area contributed by atoms with Crippen LogP contribution in [0.1, 0.15) is 29.6 Å². The molecule has 1 amide bonds. The normalized spacial score (nSPS) is 14.6. The third-order valence-corrected chi connectivity index (χ3v) is 4.00. The van der Waals surface area contributed by atoms with Gasteiger partial charge in [0, 0.05) is 21.2 Å². The van der Waals surface area contributed by atoms with Crippen molar-refractivity contribution < 1.29 is 4.79 Å². The first-order valence-electron chi connectivity index (χ1n) is 6.13. The standard InChI is InChI=1S/C13H16ClIN2O/c14-9-2-5-12(15)11(8-9)13(18)17-7-1-6-16-10-3-4-10/h2,5,8,10,16H,1,3-4,6-7H2,(H,17,18). The SMILES string of the molecule is O=C(NCCCNC1CC1)c1cc(Cl)ccc1I. The molecule has 0 aromatic heterocycles. The van der Waals surface area contributed by atoms with E-state index >= 15 is 0 Å². The highest BCUT2D eigenvalue weighted by Gasteiger charge is 2.19. The number of hydrogen-bond donors (Lipinski definition) is 2. The van der Waals surface area contributed by atoms with E-state index in [1.807, 2.05) is 6.07 Å². The zero-order valence-corrected chi connectivity index (χ0v) is 12.9. The Morgan fingerprint density at radius 2 is 2.17 bits per heavy atom. The van der Waals surface area contributed by atoms with Crippen LogP contribution in [-0.4, -0.2) is 25.0 Å². The number of halogens is 2. The second kappa shape index (κ2) is 6.73. The van der Waals surface area contributed by atoms with Crippen molar-refractivity contribution >= 4 is 40.1 Å². The number of hydrogen-bond acceptors (Lipinski definition) is 2. The van der Waals surface area contributed by atoms with Gasteiger partial charge in [-0.3, -0.25) is 4.79 Å². The van der Waals surface area contributed by atoms with Crippen LogP contribution < -0.4 is 10.6 Å².